The van der Waals surface area contributed by atoms with Crippen molar-refractivity contribution in [2.24, 2.45) is 14.1 Å². The Bertz CT molecular complexity index is 557. The molecule has 0 aliphatic carbocycles. The van der Waals surface area contributed by atoms with Crippen molar-refractivity contribution in [3.8, 4) is 0 Å². The first kappa shape index (κ1) is 11.3. The fourth-order valence-corrected chi connectivity index (χ4v) is 2.05. The Labute approximate surface area is 94.9 Å². The zero-order chi connectivity index (χ0) is 12.1. The standard InChI is InChI=1S/C10H9ClF3N2/c1-15-7-4-3-6(11)5-8(7)16(2)9(15)10(12,13)14/h3-5H,1-2H3/q+1. The lowest BCUT2D eigenvalue weighted by Crippen LogP contribution is -2.37. The van der Waals surface area contributed by atoms with Crippen molar-refractivity contribution in [2.75, 3.05) is 0 Å². The van der Waals surface area contributed by atoms with Crippen LogP contribution < -0.4 is 4.57 Å². The highest BCUT2D eigenvalue weighted by Gasteiger charge is 2.45. The first-order valence-electron chi connectivity index (χ1n) is 4.53. The molecule has 0 fully saturated rings. The van der Waals surface area contributed by atoms with Crippen molar-refractivity contribution in [2.45, 2.75) is 6.18 Å². The fraction of sp³-hybridized carbons (Fsp3) is 0.300. The van der Waals surface area contributed by atoms with E-state index >= 15 is 0 Å². The summed E-state index contributed by atoms with van der Waals surface area (Å²) in [4.78, 5) is 0. The zero-order valence-corrected chi connectivity index (χ0v) is 9.39. The molecule has 0 radical (unpaired) electrons. The van der Waals surface area contributed by atoms with Gasteiger partial charge in [-0.3, -0.25) is 0 Å². The SMILES string of the molecule is Cn1c(C(F)(F)F)[n+](C)c2cc(Cl)ccc21. The van der Waals surface area contributed by atoms with Crippen LogP contribution in [0.1, 0.15) is 5.82 Å². The topological polar surface area (TPSA) is 8.81 Å². The number of rotatable bonds is 0. The number of imidazole rings is 1. The molecule has 1 heterocycles. The van der Waals surface area contributed by atoms with Gasteiger partial charge < -0.3 is 0 Å². The Balaban J connectivity index is 2.87. The van der Waals surface area contributed by atoms with Crippen molar-refractivity contribution in [1.82, 2.24) is 4.57 Å². The number of hydrogen-bond acceptors (Lipinski definition) is 0. The van der Waals surface area contributed by atoms with Crippen LogP contribution in [-0.2, 0) is 20.3 Å². The molecule has 0 amide bonds. The van der Waals surface area contributed by atoms with Crippen LogP contribution in [0.3, 0.4) is 0 Å². The lowest BCUT2D eigenvalue weighted by Gasteiger charge is -2.01. The molecule has 1 aromatic carbocycles. The number of fused-ring (bicyclic) bond motifs is 1. The van der Waals surface area contributed by atoms with Gasteiger partial charge in [0.15, 0.2) is 11.0 Å². The number of hydrogen-bond donors (Lipinski definition) is 0. The molecular weight excluding hydrogens is 241 g/mol. The van der Waals surface area contributed by atoms with Gasteiger partial charge in [0.05, 0.1) is 14.1 Å². The highest BCUT2D eigenvalue weighted by atomic mass is 35.5. The van der Waals surface area contributed by atoms with Gasteiger partial charge in [-0.2, -0.15) is 13.2 Å². The van der Waals surface area contributed by atoms with Gasteiger partial charge in [0, 0.05) is 11.1 Å². The van der Waals surface area contributed by atoms with Gasteiger partial charge in [-0.15, -0.1) is 0 Å². The predicted octanol–water partition coefficient (Wildman–Crippen LogP) is 2.68. The summed E-state index contributed by atoms with van der Waals surface area (Å²) in [6.07, 6.45) is -4.38. The van der Waals surface area contributed by atoms with Crippen LogP contribution in [-0.4, -0.2) is 4.57 Å². The minimum absolute atomic E-state index is 0.419. The van der Waals surface area contributed by atoms with E-state index in [4.69, 9.17) is 11.6 Å². The first-order valence-corrected chi connectivity index (χ1v) is 4.91. The van der Waals surface area contributed by atoms with Crippen molar-refractivity contribution in [3.63, 3.8) is 0 Å². The second kappa shape index (κ2) is 3.38. The van der Waals surface area contributed by atoms with Gasteiger partial charge >= 0.3 is 12.0 Å². The first-order chi connectivity index (χ1) is 7.32. The molecule has 0 aliphatic heterocycles. The summed E-state index contributed by atoms with van der Waals surface area (Å²) in [5.41, 5.74) is 0.960. The van der Waals surface area contributed by atoms with Gasteiger partial charge in [0.2, 0.25) is 0 Å². The molecule has 2 nitrogen and oxygen atoms in total. The van der Waals surface area contributed by atoms with Crippen molar-refractivity contribution in [1.29, 1.82) is 0 Å². The zero-order valence-electron chi connectivity index (χ0n) is 8.64. The molecule has 2 rings (SSSR count). The fourth-order valence-electron chi connectivity index (χ4n) is 1.88. The molecule has 1 aromatic heterocycles. The van der Waals surface area contributed by atoms with Crippen LogP contribution in [0, 0.1) is 0 Å². The molecule has 16 heavy (non-hydrogen) atoms. The third-order valence-electron chi connectivity index (χ3n) is 2.55. The van der Waals surface area contributed by atoms with E-state index in [1.54, 1.807) is 12.1 Å². The van der Waals surface area contributed by atoms with E-state index in [9.17, 15) is 13.2 Å². The van der Waals surface area contributed by atoms with E-state index in [-0.39, 0.29) is 0 Å². The van der Waals surface area contributed by atoms with E-state index < -0.39 is 12.0 Å². The van der Waals surface area contributed by atoms with Crippen LogP contribution >= 0.6 is 11.6 Å². The average Bonchev–Trinajstić information content (AvgIpc) is 2.38. The smallest absolute Gasteiger partial charge is 0.222 e. The number of halogens is 4. The lowest BCUT2D eigenvalue weighted by molar-refractivity contribution is -0.667. The van der Waals surface area contributed by atoms with E-state index in [1.165, 1.54) is 20.2 Å². The van der Waals surface area contributed by atoms with Gasteiger partial charge in [0.25, 0.3) is 0 Å². The average molecular weight is 250 g/mol. The minimum Gasteiger partial charge on any atom is -0.222 e. The van der Waals surface area contributed by atoms with Gasteiger partial charge in [-0.05, 0) is 12.1 Å². The second-order valence-electron chi connectivity index (χ2n) is 3.57. The molecule has 0 unspecified atom stereocenters. The Kier molecular flexibility index (Phi) is 2.38. The number of alkyl halides is 3. The summed E-state index contributed by atoms with van der Waals surface area (Å²) in [7, 11) is 2.76. The van der Waals surface area contributed by atoms with Crippen molar-refractivity contribution < 1.29 is 17.7 Å². The Hall–Kier alpha value is -1.23. The predicted molar refractivity (Wildman–Crippen MR) is 54.1 cm³/mol. The molecule has 2 aromatic rings. The van der Waals surface area contributed by atoms with Crippen LogP contribution in [0.2, 0.25) is 5.02 Å². The van der Waals surface area contributed by atoms with Gasteiger partial charge in [-0.1, -0.05) is 11.6 Å². The van der Waals surface area contributed by atoms with E-state index in [0.717, 1.165) is 9.13 Å². The number of aryl methyl sites for hydroxylation is 2. The molecule has 0 N–H and O–H groups in total. The maximum atomic E-state index is 12.8. The lowest BCUT2D eigenvalue weighted by atomic mass is 10.3. The van der Waals surface area contributed by atoms with Crippen molar-refractivity contribution >= 4 is 22.6 Å². The minimum atomic E-state index is -4.38. The molecule has 0 spiro atoms. The highest BCUT2D eigenvalue weighted by Crippen LogP contribution is 2.29. The van der Waals surface area contributed by atoms with Crippen LogP contribution in [0.15, 0.2) is 18.2 Å². The van der Waals surface area contributed by atoms with E-state index in [0.29, 0.717) is 16.1 Å². The normalized spacial score (nSPS) is 12.4. The summed E-state index contributed by atoms with van der Waals surface area (Å²) in [6.45, 7) is 0. The summed E-state index contributed by atoms with van der Waals surface area (Å²) < 4.78 is 40.5. The van der Waals surface area contributed by atoms with E-state index in [1.807, 2.05) is 0 Å². The monoisotopic (exact) mass is 249 g/mol. The van der Waals surface area contributed by atoms with Crippen LogP contribution in [0.25, 0.3) is 11.0 Å². The number of benzene rings is 1. The molecule has 0 bridgehead atoms. The number of aromatic nitrogens is 2. The third-order valence-corrected chi connectivity index (χ3v) is 2.78. The Morgan fingerprint density at radius 3 is 2.50 bits per heavy atom. The largest absolute Gasteiger partial charge is 0.495 e. The highest BCUT2D eigenvalue weighted by molar-refractivity contribution is 6.31. The molecule has 86 valence electrons. The Morgan fingerprint density at radius 2 is 1.94 bits per heavy atom. The van der Waals surface area contributed by atoms with Gasteiger partial charge in [0.1, 0.15) is 0 Å². The molecule has 6 heteroatoms. The summed E-state index contributed by atoms with van der Waals surface area (Å²) in [5, 5.41) is 0.419. The van der Waals surface area contributed by atoms with Crippen LogP contribution in [0.4, 0.5) is 13.2 Å². The third kappa shape index (κ3) is 1.55. The maximum absolute atomic E-state index is 12.8. The molecule has 0 saturated heterocycles. The summed E-state index contributed by atoms with van der Waals surface area (Å²) in [6, 6.07) is 4.67. The molecular formula is C10H9ClF3N2+. The number of nitrogens with zero attached hydrogens (tertiary/aromatic N) is 2. The summed E-state index contributed by atoms with van der Waals surface area (Å²) >= 11 is 5.76. The van der Waals surface area contributed by atoms with Crippen molar-refractivity contribution in [3.05, 3.63) is 29.0 Å². The van der Waals surface area contributed by atoms with Crippen LogP contribution in [0.5, 0.6) is 0 Å². The Morgan fingerprint density at radius 1 is 1.31 bits per heavy atom. The van der Waals surface area contributed by atoms with Gasteiger partial charge in [-0.25, -0.2) is 9.13 Å². The quantitative estimate of drug-likeness (QED) is 0.635. The molecule has 0 saturated carbocycles. The van der Waals surface area contributed by atoms with E-state index in [2.05, 4.69) is 0 Å². The second-order valence-corrected chi connectivity index (χ2v) is 4.01. The maximum Gasteiger partial charge on any atom is 0.495 e. The summed E-state index contributed by atoms with van der Waals surface area (Å²) in [5.74, 6) is -0.704. The molecule has 0 aliphatic rings. The molecule has 0 atom stereocenters.